The topological polar surface area (TPSA) is 93.5 Å². The van der Waals surface area contributed by atoms with Crippen molar-refractivity contribution in [2.24, 2.45) is 0 Å². The zero-order valence-electron chi connectivity index (χ0n) is 18.4. The number of ether oxygens (including phenoxy) is 1. The zero-order chi connectivity index (χ0) is 22.7. The SMILES string of the molecule is CCCn1c(CCNS(=O)(=O)c2cc(N3CCCC3=O)ccc2OC)nc2ccccc21. The molecule has 9 heteroatoms. The molecule has 0 aliphatic carbocycles. The van der Waals surface area contributed by atoms with E-state index in [0.717, 1.165) is 36.2 Å². The van der Waals surface area contributed by atoms with Gasteiger partial charge in [-0.2, -0.15) is 0 Å². The molecule has 0 saturated carbocycles. The smallest absolute Gasteiger partial charge is 0.244 e. The van der Waals surface area contributed by atoms with E-state index in [9.17, 15) is 13.2 Å². The lowest BCUT2D eigenvalue weighted by molar-refractivity contribution is -0.117. The summed E-state index contributed by atoms with van der Waals surface area (Å²) in [5.74, 6) is 1.09. The molecular weight excluding hydrogens is 428 g/mol. The molecule has 1 amide bonds. The van der Waals surface area contributed by atoms with Crippen LogP contribution in [0.4, 0.5) is 5.69 Å². The molecule has 3 aromatic rings. The van der Waals surface area contributed by atoms with Crippen molar-refractivity contribution < 1.29 is 17.9 Å². The van der Waals surface area contributed by atoms with Gasteiger partial charge in [-0.25, -0.2) is 18.1 Å². The van der Waals surface area contributed by atoms with Crippen LogP contribution in [0.2, 0.25) is 0 Å². The summed E-state index contributed by atoms with van der Waals surface area (Å²) in [5, 5.41) is 0. The van der Waals surface area contributed by atoms with E-state index in [4.69, 9.17) is 9.72 Å². The molecule has 1 aliphatic rings. The summed E-state index contributed by atoms with van der Waals surface area (Å²) in [6.07, 6.45) is 2.66. The van der Waals surface area contributed by atoms with Gasteiger partial charge in [0.05, 0.1) is 18.1 Å². The molecule has 0 bridgehead atoms. The normalized spacial score (nSPS) is 14.4. The predicted octanol–water partition coefficient (Wildman–Crippen LogP) is 3.10. The summed E-state index contributed by atoms with van der Waals surface area (Å²) in [4.78, 5) is 18.4. The Bertz CT molecular complexity index is 1240. The van der Waals surface area contributed by atoms with E-state index in [1.54, 1.807) is 17.0 Å². The third-order valence-corrected chi connectivity index (χ3v) is 7.13. The maximum Gasteiger partial charge on any atom is 0.244 e. The van der Waals surface area contributed by atoms with Crippen molar-refractivity contribution in [3.8, 4) is 5.75 Å². The molecule has 1 N–H and O–H groups in total. The average molecular weight is 457 g/mol. The van der Waals surface area contributed by atoms with Crippen molar-refractivity contribution >= 4 is 32.7 Å². The van der Waals surface area contributed by atoms with Crippen molar-refractivity contribution in [1.82, 2.24) is 14.3 Å². The number of aromatic nitrogens is 2. The molecule has 0 radical (unpaired) electrons. The second-order valence-corrected chi connectivity index (χ2v) is 9.54. The number of aryl methyl sites for hydroxylation is 1. The molecule has 1 fully saturated rings. The number of carbonyl (C=O) groups excluding carboxylic acids is 1. The first kappa shape index (κ1) is 22.3. The predicted molar refractivity (Wildman–Crippen MR) is 123 cm³/mol. The number of benzene rings is 2. The fraction of sp³-hybridized carbons (Fsp3) is 0.391. The molecule has 32 heavy (non-hydrogen) atoms. The molecule has 1 aromatic heterocycles. The van der Waals surface area contributed by atoms with Crippen LogP contribution in [0, 0.1) is 0 Å². The lowest BCUT2D eigenvalue weighted by atomic mass is 10.3. The van der Waals surface area contributed by atoms with Gasteiger partial charge >= 0.3 is 0 Å². The Kier molecular flexibility index (Phi) is 6.48. The van der Waals surface area contributed by atoms with Crippen LogP contribution in [-0.2, 0) is 27.8 Å². The Morgan fingerprint density at radius 1 is 1.19 bits per heavy atom. The van der Waals surface area contributed by atoms with Gasteiger partial charge in [0.1, 0.15) is 16.5 Å². The van der Waals surface area contributed by atoms with E-state index >= 15 is 0 Å². The molecule has 1 aliphatic heterocycles. The van der Waals surface area contributed by atoms with Gasteiger partial charge in [0.2, 0.25) is 15.9 Å². The Balaban J connectivity index is 1.54. The van der Waals surface area contributed by atoms with Gasteiger partial charge in [0, 0.05) is 38.2 Å². The summed E-state index contributed by atoms with van der Waals surface area (Å²) in [5.41, 5.74) is 2.53. The second-order valence-electron chi connectivity index (χ2n) is 7.80. The van der Waals surface area contributed by atoms with E-state index in [1.807, 2.05) is 24.3 Å². The number of hydrogen-bond acceptors (Lipinski definition) is 5. The van der Waals surface area contributed by atoms with E-state index in [-0.39, 0.29) is 23.1 Å². The highest BCUT2D eigenvalue weighted by Crippen LogP contribution is 2.31. The van der Waals surface area contributed by atoms with Crippen LogP contribution in [0.15, 0.2) is 47.4 Å². The standard InChI is InChI=1S/C23H28N4O4S/c1-3-14-27-19-8-5-4-7-18(19)25-22(27)12-13-24-32(29,30)21-16-17(10-11-20(21)31-2)26-15-6-9-23(26)28/h4-5,7-8,10-11,16,24H,3,6,9,12-15H2,1-2H3. The minimum absolute atomic E-state index is 0.00120. The molecule has 0 spiro atoms. The number of sulfonamides is 1. The summed E-state index contributed by atoms with van der Waals surface area (Å²) < 4.78 is 36.3. The van der Waals surface area contributed by atoms with Gasteiger partial charge in [-0.15, -0.1) is 0 Å². The molecule has 0 atom stereocenters. The van der Waals surface area contributed by atoms with Crippen LogP contribution in [0.5, 0.6) is 5.75 Å². The second kappa shape index (κ2) is 9.30. The first-order valence-electron chi connectivity index (χ1n) is 10.9. The number of fused-ring (bicyclic) bond motifs is 1. The van der Waals surface area contributed by atoms with Crippen molar-refractivity contribution in [1.29, 1.82) is 0 Å². The lowest BCUT2D eigenvalue weighted by Crippen LogP contribution is -2.28. The maximum atomic E-state index is 13.1. The summed E-state index contributed by atoms with van der Waals surface area (Å²) >= 11 is 0. The van der Waals surface area contributed by atoms with Crippen molar-refractivity contribution in [3.05, 3.63) is 48.3 Å². The average Bonchev–Trinajstić information content (AvgIpc) is 3.37. The van der Waals surface area contributed by atoms with Gasteiger partial charge in [-0.3, -0.25) is 4.79 Å². The van der Waals surface area contributed by atoms with E-state index in [1.165, 1.54) is 13.2 Å². The Hall–Kier alpha value is -2.91. The molecule has 2 heterocycles. The van der Waals surface area contributed by atoms with E-state index < -0.39 is 10.0 Å². The Morgan fingerprint density at radius 2 is 2.00 bits per heavy atom. The number of anilines is 1. The largest absolute Gasteiger partial charge is 0.495 e. The van der Waals surface area contributed by atoms with Crippen LogP contribution in [0.25, 0.3) is 11.0 Å². The summed E-state index contributed by atoms with van der Waals surface area (Å²) in [6, 6.07) is 12.7. The number of amides is 1. The van der Waals surface area contributed by atoms with Crippen LogP contribution in [0.1, 0.15) is 32.0 Å². The minimum Gasteiger partial charge on any atom is -0.495 e. The molecule has 2 aromatic carbocycles. The highest BCUT2D eigenvalue weighted by molar-refractivity contribution is 7.89. The first-order chi connectivity index (χ1) is 15.4. The highest BCUT2D eigenvalue weighted by atomic mass is 32.2. The van der Waals surface area contributed by atoms with Gasteiger partial charge in [-0.1, -0.05) is 19.1 Å². The molecule has 170 valence electrons. The van der Waals surface area contributed by atoms with Gasteiger partial charge in [0.25, 0.3) is 0 Å². The van der Waals surface area contributed by atoms with Gasteiger partial charge in [-0.05, 0) is 43.2 Å². The number of nitrogens with one attached hydrogen (secondary N) is 1. The monoisotopic (exact) mass is 456 g/mol. The third kappa shape index (κ3) is 4.35. The number of nitrogens with zero attached hydrogens (tertiary/aromatic N) is 3. The Labute approximate surface area is 188 Å². The van der Waals surface area contributed by atoms with Gasteiger partial charge < -0.3 is 14.2 Å². The van der Waals surface area contributed by atoms with Crippen molar-refractivity contribution in [2.45, 2.75) is 44.0 Å². The molecule has 4 rings (SSSR count). The number of hydrogen-bond donors (Lipinski definition) is 1. The summed E-state index contributed by atoms with van der Waals surface area (Å²) in [7, 11) is -2.42. The molecule has 1 saturated heterocycles. The van der Waals surface area contributed by atoms with Crippen molar-refractivity contribution in [3.63, 3.8) is 0 Å². The van der Waals surface area contributed by atoms with Crippen molar-refractivity contribution in [2.75, 3.05) is 25.1 Å². The first-order valence-corrected chi connectivity index (χ1v) is 12.3. The van der Waals surface area contributed by atoms with Crippen LogP contribution < -0.4 is 14.4 Å². The maximum absolute atomic E-state index is 13.1. The number of methoxy groups -OCH3 is 1. The summed E-state index contributed by atoms with van der Waals surface area (Å²) in [6.45, 7) is 3.71. The van der Waals surface area contributed by atoms with E-state index in [2.05, 4.69) is 16.2 Å². The minimum atomic E-state index is -3.85. The Morgan fingerprint density at radius 3 is 2.72 bits per heavy atom. The number of rotatable bonds is 9. The van der Waals surface area contributed by atoms with Crippen LogP contribution in [-0.4, -0.2) is 44.1 Å². The number of para-hydroxylation sites is 2. The quantitative estimate of drug-likeness (QED) is 0.534. The third-order valence-electron chi connectivity index (χ3n) is 5.64. The molecular formula is C23H28N4O4S. The van der Waals surface area contributed by atoms with Gasteiger partial charge in [0.15, 0.2) is 0 Å². The zero-order valence-corrected chi connectivity index (χ0v) is 19.2. The number of carbonyl (C=O) groups is 1. The lowest BCUT2D eigenvalue weighted by Gasteiger charge is -2.18. The van der Waals surface area contributed by atoms with E-state index in [0.29, 0.717) is 25.1 Å². The van der Waals surface area contributed by atoms with Crippen LogP contribution >= 0.6 is 0 Å². The number of imidazole rings is 1. The molecule has 0 unspecified atom stereocenters. The highest BCUT2D eigenvalue weighted by Gasteiger charge is 2.26. The fourth-order valence-electron chi connectivity index (χ4n) is 4.13. The van der Waals surface area contributed by atoms with Crippen LogP contribution in [0.3, 0.4) is 0 Å². The fourth-order valence-corrected chi connectivity index (χ4v) is 5.35. The molecule has 8 nitrogen and oxygen atoms in total.